The molecular weight excluding hydrogens is 609 g/mol. The highest BCUT2D eigenvalue weighted by molar-refractivity contribution is 6.18. The molecule has 0 saturated heterocycles. The van der Waals surface area contributed by atoms with Crippen LogP contribution in [0, 0.1) is 0 Å². The van der Waals surface area contributed by atoms with Gasteiger partial charge in [0.2, 0.25) is 0 Å². The predicted molar refractivity (Wildman–Crippen MR) is 207 cm³/mol. The highest BCUT2D eigenvalue weighted by atomic mass is 15.0. The first-order valence-electron chi connectivity index (χ1n) is 16.9. The van der Waals surface area contributed by atoms with Gasteiger partial charge in [0.05, 0.1) is 27.8 Å². The number of rotatable bonds is 5. The summed E-state index contributed by atoms with van der Waals surface area (Å²) in [6.45, 7) is 0. The predicted octanol–water partition coefficient (Wildman–Crippen LogP) is 11.7. The van der Waals surface area contributed by atoms with E-state index in [1.807, 2.05) is 6.07 Å². The lowest BCUT2D eigenvalue weighted by Gasteiger charge is -2.14. The Morgan fingerprint density at radius 1 is 0.400 bits per heavy atom. The Balaban J connectivity index is 1.19. The Bertz CT molecular complexity index is 2860. The zero-order chi connectivity index (χ0) is 33.0. The molecule has 7 aromatic carbocycles. The molecule has 0 N–H and O–H groups in total. The van der Waals surface area contributed by atoms with Gasteiger partial charge in [0.25, 0.3) is 0 Å². The summed E-state index contributed by atoms with van der Waals surface area (Å²) in [7, 11) is 0. The van der Waals surface area contributed by atoms with Crippen LogP contribution in [0.2, 0.25) is 0 Å². The molecule has 10 aromatic rings. The molecule has 50 heavy (non-hydrogen) atoms. The van der Waals surface area contributed by atoms with Crippen molar-refractivity contribution in [3.05, 3.63) is 182 Å². The fourth-order valence-corrected chi connectivity index (χ4v) is 7.51. The number of benzene rings is 7. The number of fused-ring (bicyclic) bond motifs is 6. The third-order valence-electron chi connectivity index (χ3n) is 9.77. The lowest BCUT2D eigenvalue weighted by atomic mass is 9.95. The SMILES string of the molecule is c1ccc(-c2ccccc2-c2nc(-c3cccc(-n4c5ccccc5c5ccc6c(ccn6-c6ccccc6)c54)c3)nc3ccccc23)cc1. The van der Waals surface area contributed by atoms with Crippen LogP contribution in [-0.2, 0) is 0 Å². The molecule has 0 amide bonds. The fourth-order valence-electron chi connectivity index (χ4n) is 7.51. The number of aromatic nitrogens is 4. The minimum atomic E-state index is 0.699. The van der Waals surface area contributed by atoms with Gasteiger partial charge in [-0.1, -0.05) is 127 Å². The number of para-hydroxylation sites is 3. The van der Waals surface area contributed by atoms with E-state index in [4.69, 9.17) is 9.97 Å². The molecule has 0 radical (unpaired) electrons. The van der Waals surface area contributed by atoms with Gasteiger partial charge < -0.3 is 9.13 Å². The van der Waals surface area contributed by atoms with Gasteiger partial charge in [-0.15, -0.1) is 0 Å². The van der Waals surface area contributed by atoms with E-state index in [0.717, 1.165) is 55.7 Å². The van der Waals surface area contributed by atoms with Crippen molar-refractivity contribution in [2.75, 3.05) is 0 Å². The third-order valence-corrected chi connectivity index (χ3v) is 9.77. The molecule has 4 nitrogen and oxygen atoms in total. The van der Waals surface area contributed by atoms with Crippen molar-refractivity contribution in [1.29, 1.82) is 0 Å². The summed E-state index contributed by atoms with van der Waals surface area (Å²) in [5.41, 5.74) is 11.9. The molecule has 3 aromatic heterocycles. The van der Waals surface area contributed by atoms with E-state index in [2.05, 4.69) is 185 Å². The minimum absolute atomic E-state index is 0.699. The van der Waals surface area contributed by atoms with Gasteiger partial charge in [0.15, 0.2) is 5.82 Å². The van der Waals surface area contributed by atoms with Crippen LogP contribution in [0.4, 0.5) is 0 Å². The maximum atomic E-state index is 5.34. The first-order valence-corrected chi connectivity index (χ1v) is 16.9. The molecule has 0 saturated carbocycles. The van der Waals surface area contributed by atoms with Crippen LogP contribution < -0.4 is 0 Å². The molecule has 234 valence electrons. The lowest BCUT2D eigenvalue weighted by molar-refractivity contribution is 1.13. The van der Waals surface area contributed by atoms with Gasteiger partial charge in [0, 0.05) is 50.2 Å². The highest BCUT2D eigenvalue weighted by Crippen LogP contribution is 2.39. The van der Waals surface area contributed by atoms with Crippen molar-refractivity contribution in [2.45, 2.75) is 0 Å². The highest BCUT2D eigenvalue weighted by Gasteiger charge is 2.19. The molecule has 0 bridgehead atoms. The van der Waals surface area contributed by atoms with Crippen LogP contribution in [0.15, 0.2) is 182 Å². The quantitative estimate of drug-likeness (QED) is 0.188. The van der Waals surface area contributed by atoms with Crippen molar-refractivity contribution in [1.82, 2.24) is 19.1 Å². The van der Waals surface area contributed by atoms with Crippen LogP contribution in [0.5, 0.6) is 0 Å². The van der Waals surface area contributed by atoms with Crippen molar-refractivity contribution in [2.24, 2.45) is 0 Å². The molecule has 0 aliphatic rings. The van der Waals surface area contributed by atoms with Gasteiger partial charge >= 0.3 is 0 Å². The monoisotopic (exact) mass is 638 g/mol. The molecule has 0 unspecified atom stereocenters. The summed E-state index contributed by atoms with van der Waals surface area (Å²) in [5, 5.41) is 4.69. The van der Waals surface area contributed by atoms with Crippen molar-refractivity contribution >= 4 is 43.6 Å². The molecule has 0 aliphatic heterocycles. The second-order valence-corrected chi connectivity index (χ2v) is 12.6. The zero-order valence-corrected chi connectivity index (χ0v) is 27.1. The van der Waals surface area contributed by atoms with Crippen LogP contribution in [0.3, 0.4) is 0 Å². The van der Waals surface area contributed by atoms with E-state index in [-0.39, 0.29) is 0 Å². The van der Waals surface area contributed by atoms with Crippen LogP contribution in [0.1, 0.15) is 0 Å². The average Bonchev–Trinajstić information content (AvgIpc) is 3.78. The van der Waals surface area contributed by atoms with Crippen molar-refractivity contribution in [3.8, 4) is 45.1 Å². The summed E-state index contributed by atoms with van der Waals surface area (Å²) in [5.74, 6) is 0.699. The number of hydrogen-bond acceptors (Lipinski definition) is 2. The number of hydrogen-bond donors (Lipinski definition) is 0. The molecule has 0 fully saturated rings. The standard InChI is InChI=1S/C46H30N4/c1-3-14-31(15-4-1)35-20-7-8-22-37(35)44-39-23-9-11-24-41(39)47-46(48-44)32-16-13-19-34(30-32)50-43-25-12-10-21-36(43)38-26-27-42-40(45(38)50)28-29-49(42)33-17-5-2-6-18-33/h1-30H. The second-order valence-electron chi connectivity index (χ2n) is 12.6. The largest absolute Gasteiger partial charge is 0.316 e. The molecule has 0 aliphatic carbocycles. The van der Waals surface area contributed by atoms with E-state index >= 15 is 0 Å². The molecule has 0 spiro atoms. The lowest BCUT2D eigenvalue weighted by Crippen LogP contribution is -1.98. The number of nitrogens with zero attached hydrogens (tertiary/aromatic N) is 4. The van der Waals surface area contributed by atoms with Crippen LogP contribution >= 0.6 is 0 Å². The first kappa shape index (κ1) is 28.3. The summed E-state index contributed by atoms with van der Waals surface area (Å²) >= 11 is 0. The van der Waals surface area contributed by atoms with Gasteiger partial charge in [-0.05, 0) is 59.7 Å². The summed E-state index contributed by atoms with van der Waals surface area (Å²) in [6, 6.07) is 62.0. The normalized spacial score (nSPS) is 11.6. The average molecular weight is 639 g/mol. The van der Waals surface area contributed by atoms with E-state index in [9.17, 15) is 0 Å². The summed E-state index contributed by atoms with van der Waals surface area (Å²) in [4.78, 5) is 10.5. The Kier molecular flexibility index (Phi) is 6.46. The van der Waals surface area contributed by atoms with Gasteiger partial charge in [0.1, 0.15) is 0 Å². The maximum Gasteiger partial charge on any atom is 0.160 e. The third kappa shape index (κ3) is 4.46. The molecular formula is C46H30N4. The van der Waals surface area contributed by atoms with Gasteiger partial charge in [-0.3, -0.25) is 0 Å². The van der Waals surface area contributed by atoms with Crippen LogP contribution in [0.25, 0.3) is 88.8 Å². The van der Waals surface area contributed by atoms with E-state index in [1.165, 1.54) is 27.2 Å². The second kappa shape index (κ2) is 11.4. The van der Waals surface area contributed by atoms with Gasteiger partial charge in [-0.2, -0.15) is 0 Å². The smallest absolute Gasteiger partial charge is 0.160 e. The maximum absolute atomic E-state index is 5.34. The minimum Gasteiger partial charge on any atom is -0.316 e. The van der Waals surface area contributed by atoms with Gasteiger partial charge in [-0.25, -0.2) is 9.97 Å². The van der Waals surface area contributed by atoms with Crippen molar-refractivity contribution in [3.63, 3.8) is 0 Å². The van der Waals surface area contributed by atoms with Crippen LogP contribution in [-0.4, -0.2) is 19.1 Å². The molecule has 4 heteroatoms. The summed E-state index contributed by atoms with van der Waals surface area (Å²) in [6.07, 6.45) is 2.18. The molecule has 3 heterocycles. The van der Waals surface area contributed by atoms with E-state index in [0.29, 0.717) is 5.82 Å². The zero-order valence-electron chi connectivity index (χ0n) is 27.1. The Labute approximate surface area is 289 Å². The van der Waals surface area contributed by atoms with E-state index < -0.39 is 0 Å². The summed E-state index contributed by atoms with van der Waals surface area (Å²) < 4.78 is 4.67. The Morgan fingerprint density at radius 2 is 1.08 bits per heavy atom. The molecule has 10 rings (SSSR count). The van der Waals surface area contributed by atoms with Crippen molar-refractivity contribution < 1.29 is 0 Å². The van der Waals surface area contributed by atoms with E-state index in [1.54, 1.807) is 0 Å². The molecule has 0 atom stereocenters. The fraction of sp³-hybridized carbons (Fsp3) is 0. The Morgan fingerprint density at radius 3 is 1.94 bits per heavy atom. The first-order chi connectivity index (χ1) is 24.8. The topological polar surface area (TPSA) is 35.6 Å². The Hall–Kier alpha value is -6.78.